The second-order valence-corrected chi connectivity index (χ2v) is 1.80. The lowest BCUT2D eigenvalue weighted by Crippen LogP contribution is -2.05. The van der Waals surface area contributed by atoms with E-state index in [1.54, 1.807) is 0 Å². The maximum absolute atomic E-state index is 10.4. The van der Waals surface area contributed by atoms with Gasteiger partial charge in [0.05, 0.1) is 0 Å². The number of carbonyl (C=O) groups excluding carboxylic acids is 1. The van der Waals surface area contributed by atoms with Gasteiger partial charge in [-0.2, -0.15) is 5.10 Å². The second-order valence-electron chi connectivity index (χ2n) is 1.80. The van der Waals surface area contributed by atoms with E-state index in [-0.39, 0.29) is 5.78 Å². The summed E-state index contributed by atoms with van der Waals surface area (Å²) < 4.78 is 1.49. The molecule has 0 N–H and O–H groups in total. The zero-order valence-corrected chi connectivity index (χ0v) is 7.11. The molecule has 0 bridgehead atoms. The molecule has 0 radical (unpaired) electrons. The number of ketones is 1. The fraction of sp³-hybridized carbons (Fsp3) is 0.571. The maximum Gasteiger partial charge on any atom is 0.151 e. The average Bonchev–Trinajstić information content (AvgIpc) is 2.43. The number of hydrogen-bond acceptors (Lipinski definition) is 3. The van der Waals surface area contributed by atoms with Gasteiger partial charge in [0.25, 0.3) is 0 Å². The maximum atomic E-state index is 10.4. The van der Waals surface area contributed by atoms with E-state index in [0.717, 1.165) is 0 Å². The molecule has 0 saturated heterocycles. The van der Waals surface area contributed by atoms with Gasteiger partial charge in [-0.15, -0.1) is 0 Å². The number of carbonyl (C=O) groups is 1. The number of hydrogen-bond donors (Lipinski definition) is 0. The van der Waals surface area contributed by atoms with Gasteiger partial charge < -0.3 is 0 Å². The van der Waals surface area contributed by atoms with Gasteiger partial charge in [0.15, 0.2) is 5.78 Å². The van der Waals surface area contributed by atoms with E-state index in [0.29, 0.717) is 6.54 Å². The van der Waals surface area contributed by atoms with Crippen LogP contribution >= 0.6 is 0 Å². The van der Waals surface area contributed by atoms with E-state index in [1.807, 2.05) is 13.8 Å². The van der Waals surface area contributed by atoms with E-state index >= 15 is 0 Å². The van der Waals surface area contributed by atoms with Crippen LogP contribution in [0, 0.1) is 0 Å². The molecule has 0 amide bonds. The fourth-order valence-corrected chi connectivity index (χ4v) is 0.543. The number of rotatable bonds is 2. The topological polar surface area (TPSA) is 47.8 Å². The second kappa shape index (κ2) is 5.58. The van der Waals surface area contributed by atoms with Crippen LogP contribution in [0.3, 0.4) is 0 Å². The molecule has 0 atom stereocenters. The molecule has 0 fully saturated rings. The minimum Gasteiger partial charge on any atom is -0.298 e. The quantitative estimate of drug-likeness (QED) is 0.637. The zero-order valence-electron chi connectivity index (χ0n) is 7.11. The molecule has 0 aromatic carbocycles. The highest BCUT2D eigenvalue weighted by Crippen LogP contribution is 1.79. The molecule has 4 nitrogen and oxygen atoms in total. The Morgan fingerprint density at radius 1 is 1.55 bits per heavy atom. The Hall–Kier alpha value is -1.19. The Bertz CT molecular complexity index is 193. The molecule has 1 heterocycles. The van der Waals surface area contributed by atoms with Crippen LogP contribution in [0.2, 0.25) is 0 Å². The third kappa shape index (κ3) is 4.25. The monoisotopic (exact) mass is 155 g/mol. The van der Waals surface area contributed by atoms with Crippen molar-refractivity contribution >= 4 is 5.78 Å². The van der Waals surface area contributed by atoms with Crippen LogP contribution < -0.4 is 0 Å². The van der Waals surface area contributed by atoms with Gasteiger partial charge in [0.1, 0.15) is 19.2 Å². The van der Waals surface area contributed by atoms with E-state index in [4.69, 9.17) is 0 Å². The third-order valence-corrected chi connectivity index (χ3v) is 0.851. The smallest absolute Gasteiger partial charge is 0.151 e. The van der Waals surface area contributed by atoms with Crippen molar-refractivity contribution in [1.29, 1.82) is 0 Å². The summed E-state index contributed by atoms with van der Waals surface area (Å²) >= 11 is 0. The van der Waals surface area contributed by atoms with Crippen LogP contribution in [0.4, 0.5) is 0 Å². The Kier molecular flexibility index (Phi) is 4.98. The van der Waals surface area contributed by atoms with Crippen molar-refractivity contribution in [3.8, 4) is 0 Å². The Morgan fingerprint density at radius 3 is 2.55 bits per heavy atom. The lowest BCUT2D eigenvalue weighted by Gasteiger charge is -1.91. The summed E-state index contributed by atoms with van der Waals surface area (Å²) in [7, 11) is 0. The van der Waals surface area contributed by atoms with Crippen molar-refractivity contribution in [2.45, 2.75) is 27.3 Å². The van der Waals surface area contributed by atoms with Crippen molar-refractivity contribution < 1.29 is 4.79 Å². The normalized spacial score (nSPS) is 8.27. The molecule has 1 aromatic rings. The van der Waals surface area contributed by atoms with Crippen LogP contribution in [0.1, 0.15) is 20.8 Å². The van der Waals surface area contributed by atoms with Crippen LogP contribution in [0.5, 0.6) is 0 Å². The molecule has 0 aliphatic rings. The van der Waals surface area contributed by atoms with E-state index < -0.39 is 0 Å². The minimum atomic E-state index is 0.0838. The van der Waals surface area contributed by atoms with Crippen LogP contribution in [-0.2, 0) is 11.3 Å². The molecule has 0 unspecified atom stereocenters. The highest BCUT2D eigenvalue weighted by Gasteiger charge is 1.93. The summed E-state index contributed by atoms with van der Waals surface area (Å²) in [4.78, 5) is 14.1. The lowest BCUT2D eigenvalue weighted by atomic mass is 10.5. The minimum absolute atomic E-state index is 0.0838. The first-order valence-corrected chi connectivity index (χ1v) is 3.61. The van der Waals surface area contributed by atoms with Crippen LogP contribution in [0.15, 0.2) is 12.7 Å². The summed E-state index contributed by atoms with van der Waals surface area (Å²) in [6.07, 6.45) is 2.92. The molecule has 0 saturated carbocycles. The summed E-state index contributed by atoms with van der Waals surface area (Å²) in [5.74, 6) is 0.0838. The predicted octanol–water partition coefficient (Wildman–Crippen LogP) is 0.893. The van der Waals surface area contributed by atoms with E-state index in [9.17, 15) is 4.79 Å². The summed E-state index contributed by atoms with van der Waals surface area (Å²) in [5.41, 5.74) is 0. The van der Waals surface area contributed by atoms with Gasteiger partial charge >= 0.3 is 0 Å². The molecule has 0 spiro atoms. The fourth-order valence-electron chi connectivity index (χ4n) is 0.543. The standard InChI is InChI=1S/C5H7N3O.C2H6/c1-5(9)2-8-4-6-3-7-8;1-2/h3-4H,2H2,1H3;1-2H3. The SMILES string of the molecule is CC.CC(=O)Cn1cncn1. The van der Waals surface area contributed by atoms with Crippen LogP contribution in [0.25, 0.3) is 0 Å². The van der Waals surface area contributed by atoms with Crippen molar-refractivity contribution in [2.75, 3.05) is 0 Å². The predicted molar refractivity (Wildman–Crippen MR) is 42.1 cm³/mol. The average molecular weight is 155 g/mol. The molecule has 1 aromatic heterocycles. The van der Waals surface area contributed by atoms with Crippen molar-refractivity contribution in [3.63, 3.8) is 0 Å². The molecule has 62 valence electrons. The van der Waals surface area contributed by atoms with Crippen molar-refractivity contribution in [3.05, 3.63) is 12.7 Å². The van der Waals surface area contributed by atoms with Crippen LogP contribution in [-0.4, -0.2) is 20.5 Å². The molecule has 1 rings (SSSR count). The summed E-state index contributed by atoms with van der Waals surface area (Å²) in [6, 6.07) is 0. The molecule has 0 aliphatic carbocycles. The first-order valence-electron chi connectivity index (χ1n) is 3.61. The number of Topliss-reactive ketones (excluding diaryl/α,β-unsaturated/α-hetero) is 1. The summed E-state index contributed by atoms with van der Waals surface area (Å²) in [5, 5.41) is 3.74. The van der Waals surface area contributed by atoms with Gasteiger partial charge in [-0.25, -0.2) is 9.67 Å². The highest BCUT2D eigenvalue weighted by molar-refractivity contribution is 5.75. The van der Waals surface area contributed by atoms with Gasteiger partial charge in [-0.05, 0) is 6.92 Å². The molecular weight excluding hydrogens is 142 g/mol. The van der Waals surface area contributed by atoms with Gasteiger partial charge in [-0.1, -0.05) is 13.8 Å². The van der Waals surface area contributed by atoms with Gasteiger partial charge in [0.2, 0.25) is 0 Å². The summed E-state index contributed by atoms with van der Waals surface area (Å²) in [6.45, 7) is 5.84. The Morgan fingerprint density at radius 2 is 2.18 bits per heavy atom. The molecule has 0 aliphatic heterocycles. The highest BCUT2D eigenvalue weighted by atomic mass is 16.1. The number of nitrogens with zero attached hydrogens (tertiary/aromatic N) is 3. The lowest BCUT2D eigenvalue weighted by molar-refractivity contribution is -0.117. The van der Waals surface area contributed by atoms with E-state index in [1.165, 1.54) is 24.3 Å². The first-order chi connectivity index (χ1) is 5.29. The third-order valence-electron chi connectivity index (χ3n) is 0.851. The molecule has 11 heavy (non-hydrogen) atoms. The number of aromatic nitrogens is 3. The Balaban J connectivity index is 0.000000461. The van der Waals surface area contributed by atoms with E-state index in [2.05, 4.69) is 10.1 Å². The Labute approximate surface area is 66.3 Å². The largest absolute Gasteiger partial charge is 0.298 e. The molecule has 4 heteroatoms. The zero-order chi connectivity index (χ0) is 8.69. The molecular formula is C7H13N3O. The van der Waals surface area contributed by atoms with Crippen molar-refractivity contribution in [2.24, 2.45) is 0 Å². The first kappa shape index (κ1) is 9.81. The van der Waals surface area contributed by atoms with Gasteiger partial charge in [0, 0.05) is 0 Å². The van der Waals surface area contributed by atoms with Crippen molar-refractivity contribution in [1.82, 2.24) is 14.8 Å². The van der Waals surface area contributed by atoms with Gasteiger partial charge in [-0.3, -0.25) is 4.79 Å².